The van der Waals surface area contributed by atoms with Crippen LogP contribution in [0.4, 0.5) is 0 Å². The Balaban J connectivity index is 4.37. The largest absolute Gasteiger partial charge is 0.103 e. The minimum atomic E-state index is 0.461. The molecule has 72 valence electrons. The van der Waals surface area contributed by atoms with Gasteiger partial charge in [-0.25, -0.2) is 0 Å². The summed E-state index contributed by atoms with van der Waals surface area (Å²) in [6.07, 6.45) is 4.46. The molecule has 1 atom stereocenters. The number of hydrogen-bond acceptors (Lipinski definition) is 0. The van der Waals surface area contributed by atoms with Crippen LogP contribution in [0.25, 0.3) is 0 Å². The fourth-order valence-electron chi connectivity index (χ4n) is 1.94. The predicted octanol–water partition coefficient (Wildman–Crippen LogP) is 4.27. The van der Waals surface area contributed by atoms with Crippen LogP contribution in [0.1, 0.15) is 47.5 Å². The molecule has 0 spiro atoms. The minimum Gasteiger partial charge on any atom is -0.103 e. The molecule has 0 N–H and O–H groups in total. The van der Waals surface area contributed by atoms with Crippen LogP contribution in [0.5, 0.6) is 0 Å². The summed E-state index contributed by atoms with van der Waals surface area (Å²) in [6.45, 7) is 15.5. The summed E-state index contributed by atoms with van der Waals surface area (Å²) in [5, 5.41) is 0. The summed E-state index contributed by atoms with van der Waals surface area (Å²) in [7, 11) is 0. The third kappa shape index (κ3) is 3.00. The predicted molar refractivity (Wildman–Crippen MR) is 57.2 cm³/mol. The van der Waals surface area contributed by atoms with Crippen molar-refractivity contribution in [1.82, 2.24) is 0 Å². The van der Waals surface area contributed by atoms with Gasteiger partial charge in [0.25, 0.3) is 0 Å². The monoisotopic (exact) mass is 168 g/mol. The van der Waals surface area contributed by atoms with Gasteiger partial charge >= 0.3 is 0 Å². The van der Waals surface area contributed by atoms with Gasteiger partial charge in [-0.15, -0.1) is 6.58 Å². The first-order chi connectivity index (χ1) is 5.45. The van der Waals surface area contributed by atoms with E-state index in [4.69, 9.17) is 0 Å². The van der Waals surface area contributed by atoms with E-state index in [1.54, 1.807) is 0 Å². The maximum Gasteiger partial charge on any atom is -0.0305 e. The van der Waals surface area contributed by atoms with Crippen molar-refractivity contribution in [2.45, 2.75) is 47.5 Å². The van der Waals surface area contributed by atoms with Gasteiger partial charge in [-0.3, -0.25) is 0 Å². The Labute approximate surface area is 78.1 Å². The van der Waals surface area contributed by atoms with Gasteiger partial charge < -0.3 is 0 Å². The van der Waals surface area contributed by atoms with Gasteiger partial charge in [-0.05, 0) is 23.7 Å². The third-order valence-corrected chi connectivity index (χ3v) is 3.14. The van der Waals surface area contributed by atoms with Crippen molar-refractivity contribution in [2.24, 2.45) is 17.3 Å². The van der Waals surface area contributed by atoms with Gasteiger partial charge in [0.1, 0.15) is 0 Å². The molecule has 0 fully saturated rings. The zero-order valence-corrected chi connectivity index (χ0v) is 9.35. The highest BCUT2D eigenvalue weighted by Gasteiger charge is 2.28. The highest BCUT2D eigenvalue weighted by Crippen LogP contribution is 2.37. The summed E-state index contributed by atoms with van der Waals surface area (Å²) in [6, 6.07) is 0. The van der Waals surface area contributed by atoms with Crippen LogP contribution >= 0.6 is 0 Å². The molecule has 0 heteroatoms. The van der Waals surface area contributed by atoms with E-state index >= 15 is 0 Å². The van der Waals surface area contributed by atoms with Crippen LogP contribution in [0.2, 0.25) is 0 Å². The van der Waals surface area contributed by atoms with Crippen LogP contribution in [-0.2, 0) is 0 Å². The Morgan fingerprint density at radius 1 is 1.33 bits per heavy atom. The fraction of sp³-hybridized carbons (Fsp3) is 0.833. The zero-order valence-electron chi connectivity index (χ0n) is 9.35. The first kappa shape index (κ1) is 11.7. The van der Waals surface area contributed by atoms with E-state index < -0.39 is 0 Å². The average Bonchev–Trinajstić information content (AvgIpc) is 1.99. The lowest BCUT2D eigenvalue weighted by Gasteiger charge is -2.36. The van der Waals surface area contributed by atoms with Gasteiger partial charge in [-0.2, -0.15) is 0 Å². The molecule has 0 aromatic carbocycles. The van der Waals surface area contributed by atoms with Gasteiger partial charge in [-0.1, -0.05) is 47.1 Å². The Hall–Kier alpha value is -0.260. The Morgan fingerprint density at radius 3 is 2.08 bits per heavy atom. The molecule has 12 heavy (non-hydrogen) atoms. The van der Waals surface area contributed by atoms with Crippen LogP contribution in [0.3, 0.4) is 0 Å². The van der Waals surface area contributed by atoms with E-state index in [0.29, 0.717) is 5.41 Å². The minimum absolute atomic E-state index is 0.461. The van der Waals surface area contributed by atoms with E-state index in [0.717, 1.165) is 18.3 Å². The maximum absolute atomic E-state index is 3.83. The lowest BCUT2D eigenvalue weighted by atomic mass is 9.70. The summed E-state index contributed by atoms with van der Waals surface area (Å²) in [4.78, 5) is 0. The number of rotatable bonds is 5. The molecule has 0 saturated heterocycles. The molecule has 0 rings (SSSR count). The van der Waals surface area contributed by atoms with Crippen molar-refractivity contribution >= 4 is 0 Å². The molecule has 0 unspecified atom stereocenters. The van der Waals surface area contributed by atoms with Crippen molar-refractivity contribution in [3.63, 3.8) is 0 Å². The Morgan fingerprint density at radius 2 is 1.83 bits per heavy atom. The van der Waals surface area contributed by atoms with E-state index in [9.17, 15) is 0 Å². The molecule has 0 nitrogen and oxygen atoms in total. The summed E-state index contributed by atoms with van der Waals surface area (Å²) >= 11 is 0. The van der Waals surface area contributed by atoms with Crippen LogP contribution in [0.15, 0.2) is 12.7 Å². The van der Waals surface area contributed by atoms with Gasteiger partial charge in [0.05, 0.1) is 0 Å². The lowest BCUT2D eigenvalue weighted by molar-refractivity contribution is 0.152. The standard InChI is InChI=1S/C12H24/c1-7-9-11(10(3)4)12(5,6)8-2/h7,10-11H,1,8-9H2,2-6H3/t11-/m0/s1. The SMILES string of the molecule is C=CC[C@@H](C(C)C)C(C)(C)CC. The maximum atomic E-state index is 3.83. The molecule has 0 saturated carbocycles. The van der Waals surface area contributed by atoms with E-state index in [1.165, 1.54) is 6.42 Å². The van der Waals surface area contributed by atoms with E-state index in [2.05, 4.69) is 47.3 Å². The topological polar surface area (TPSA) is 0 Å². The van der Waals surface area contributed by atoms with Crippen molar-refractivity contribution < 1.29 is 0 Å². The molecule has 0 aliphatic carbocycles. The molecule has 0 aliphatic heterocycles. The van der Waals surface area contributed by atoms with Gasteiger partial charge in [0, 0.05) is 0 Å². The lowest BCUT2D eigenvalue weighted by Crippen LogP contribution is -2.27. The number of hydrogen-bond donors (Lipinski definition) is 0. The second-order valence-corrected chi connectivity index (χ2v) is 4.72. The average molecular weight is 168 g/mol. The highest BCUT2D eigenvalue weighted by atomic mass is 14.3. The normalized spacial score (nSPS) is 14.8. The van der Waals surface area contributed by atoms with Crippen molar-refractivity contribution in [3.8, 4) is 0 Å². The van der Waals surface area contributed by atoms with Gasteiger partial charge in [0.15, 0.2) is 0 Å². The molecule has 0 radical (unpaired) electrons. The molecule has 0 aromatic heterocycles. The molecule has 0 amide bonds. The van der Waals surface area contributed by atoms with Crippen LogP contribution < -0.4 is 0 Å². The van der Waals surface area contributed by atoms with Gasteiger partial charge in [0.2, 0.25) is 0 Å². The van der Waals surface area contributed by atoms with Crippen molar-refractivity contribution in [3.05, 3.63) is 12.7 Å². The van der Waals surface area contributed by atoms with Crippen LogP contribution in [0, 0.1) is 17.3 Å². The molecule has 0 bridgehead atoms. The molecule has 0 aliphatic rings. The van der Waals surface area contributed by atoms with E-state index in [1.807, 2.05) is 0 Å². The fourth-order valence-corrected chi connectivity index (χ4v) is 1.94. The van der Waals surface area contributed by atoms with Crippen molar-refractivity contribution in [2.75, 3.05) is 0 Å². The molecule has 0 aromatic rings. The smallest absolute Gasteiger partial charge is 0.0305 e. The molecular formula is C12H24. The summed E-state index contributed by atoms with van der Waals surface area (Å²) in [5.74, 6) is 1.54. The summed E-state index contributed by atoms with van der Waals surface area (Å²) in [5.41, 5.74) is 0.461. The first-order valence-electron chi connectivity index (χ1n) is 5.06. The third-order valence-electron chi connectivity index (χ3n) is 3.14. The van der Waals surface area contributed by atoms with Crippen LogP contribution in [-0.4, -0.2) is 0 Å². The zero-order chi connectivity index (χ0) is 9.78. The number of allylic oxidation sites excluding steroid dienone is 1. The first-order valence-corrected chi connectivity index (χ1v) is 5.06. The quantitative estimate of drug-likeness (QED) is 0.538. The second kappa shape index (κ2) is 4.69. The molecule has 0 heterocycles. The van der Waals surface area contributed by atoms with E-state index in [-0.39, 0.29) is 0 Å². The van der Waals surface area contributed by atoms with Crippen molar-refractivity contribution in [1.29, 1.82) is 0 Å². The summed E-state index contributed by atoms with van der Waals surface area (Å²) < 4.78 is 0. The molecular weight excluding hydrogens is 144 g/mol. The highest BCUT2D eigenvalue weighted by molar-refractivity contribution is 4.84. The second-order valence-electron chi connectivity index (χ2n) is 4.72. The Bertz CT molecular complexity index is 131. The Kier molecular flexibility index (Phi) is 4.59.